The molecule has 0 fully saturated rings. The average Bonchev–Trinajstić information content (AvgIpc) is 3.01. The molecule has 0 aliphatic carbocycles. The van der Waals surface area contributed by atoms with Crippen LogP contribution in [0.4, 0.5) is 34.1 Å². The molecule has 0 spiro atoms. The molecule has 0 aromatic heterocycles. The van der Waals surface area contributed by atoms with Gasteiger partial charge in [0, 0.05) is 16.5 Å². The smallest absolute Gasteiger partial charge is 0.339 e. The second kappa shape index (κ2) is 9.35. The number of carbonyl (C=O) groups excluding carboxylic acids is 1. The summed E-state index contributed by atoms with van der Waals surface area (Å²) in [6.07, 6.45) is 0. The Morgan fingerprint density at radius 1 is 0.524 bits per heavy atom. The number of fused-ring (bicyclic) bond motifs is 4. The minimum atomic E-state index is -0.364. The van der Waals surface area contributed by atoms with Crippen LogP contribution in [0.3, 0.4) is 0 Å². The SMILES string of the molecule is COC(=O)c1ccc(N2c3ccccc3C(C)(C)c3ccccc32)cc1N1c2ccccc2C(C)(C)c2ccccc21. The summed E-state index contributed by atoms with van der Waals surface area (Å²) in [6.45, 7) is 9.11. The molecule has 0 unspecified atom stereocenters. The summed E-state index contributed by atoms with van der Waals surface area (Å²) in [5.74, 6) is -0.364. The van der Waals surface area contributed by atoms with E-state index in [0.29, 0.717) is 5.56 Å². The van der Waals surface area contributed by atoms with Gasteiger partial charge in [-0.15, -0.1) is 0 Å². The van der Waals surface area contributed by atoms with E-state index in [1.165, 1.54) is 29.4 Å². The first-order chi connectivity index (χ1) is 20.2. The lowest BCUT2D eigenvalue weighted by Gasteiger charge is -2.43. The molecule has 0 radical (unpaired) electrons. The van der Waals surface area contributed by atoms with Crippen molar-refractivity contribution in [3.05, 3.63) is 143 Å². The van der Waals surface area contributed by atoms with Crippen LogP contribution in [-0.2, 0) is 15.6 Å². The number of ether oxygens (including phenoxy) is 1. The van der Waals surface area contributed by atoms with E-state index in [2.05, 4.69) is 141 Å². The maximum Gasteiger partial charge on any atom is 0.339 e. The predicted molar refractivity (Wildman–Crippen MR) is 171 cm³/mol. The fourth-order valence-corrected chi connectivity index (χ4v) is 7.00. The van der Waals surface area contributed by atoms with Crippen molar-refractivity contribution in [2.24, 2.45) is 0 Å². The standard InChI is InChI=1S/C38H34N2O2/c1-37(2)27-14-6-10-18-31(27)39(32-19-11-7-15-28(32)37)25-22-23-26(36(41)42-5)35(24-25)40-33-20-12-8-16-29(33)38(3,4)30-17-9-13-21-34(30)40/h6-24H,1-5H3. The number of hydrogen-bond acceptors (Lipinski definition) is 4. The van der Waals surface area contributed by atoms with Crippen LogP contribution in [0.2, 0.25) is 0 Å². The van der Waals surface area contributed by atoms with Crippen LogP contribution >= 0.6 is 0 Å². The van der Waals surface area contributed by atoms with Gasteiger partial charge in [-0.25, -0.2) is 4.79 Å². The van der Waals surface area contributed by atoms with Crippen LogP contribution in [0.5, 0.6) is 0 Å². The van der Waals surface area contributed by atoms with Crippen molar-refractivity contribution in [3.63, 3.8) is 0 Å². The Labute approximate surface area is 247 Å². The van der Waals surface area contributed by atoms with Crippen molar-refractivity contribution in [1.82, 2.24) is 0 Å². The minimum absolute atomic E-state index is 0.158. The molecule has 208 valence electrons. The average molecular weight is 551 g/mol. The molecule has 2 aliphatic heterocycles. The number of methoxy groups -OCH3 is 1. The Kier molecular flexibility index (Phi) is 5.81. The zero-order valence-corrected chi connectivity index (χ0v) is 24.7. The molecule has 0 saturated heterocycles. The molecule has 2 heterocycles. The number of carbonyl (C=O) groups is 1. The van der Waals surface area contributed by atoms with Gasteiger partial charge in [-0.3, -0.25) is 0 Å². The lowest BCUT2D eigenvalue weighted by molar-refractivity contribution is 0.0601. The fraction of sp³-hybridized carbons (Fsp3) is 0.184. The van der Waals surface area contributed by atoms with Crippen molar-refractivity contribution in [2.45, 2.75) is 38.5 Å². The van der Waals surface area contributed by atoms with E-state index in [9.17, 15) is 4.79 Å². The predicted octanol–water partition coefficient (Wildman–Crippen LogP) is 9.69. The molecule has 0 saturated carbocycles. The second-order valence-electron chi connectivity index (χ2n) is 12.2. The number of nitrogens with zero attached hydrogens (tertiary/aromatic N) is 2. The Morgan fingerprint density at radius 2 is 0.905 bits per heavy atom. The molecule has 5 aromatic carbocycles. The van der Waals surface area contributed by atoms with Gasteiger partial charge in [-0.1, -0.05) is 100 Å². The van der Waals surface area contributed by atoms with E-state index in [4.69, 9.17) is 4.74 Å². The van der Waals surface area contributed by atoms with Crippen LogP contribution in [-0.4, -0.2) is 13.1 Å². The van der Waals surface area contributed by atoms with E-state index in [0.717, 1.165) is 34.1 Å². The van der Waals surface area contributed by atoms with Crippen molar-refractivity contribution >= 4 is 40.1 Å². The van der Waals surface area contributed by atoms with E-state index in [-0.39, 0.29) is 16.8 Å². The highest BCUT2D eigenvalue weighted by atomic mass is 16.5. The number of rotatable bonds is 3. The molecule has 7 rings (SSSR count). The fourth-order valence-electron chi connectivity index (χ4n) is 7.00. The normalized spacial score (nSPS) is 15.6. The lowest BCUT2D eigenvalue weighted by Crippen LogP contribution is -2.32. The monoisotopic (exact) mass is 550 g/mol. The van der Waals surface area contributed by atoms with Gasteiger partial charge in [0.25, 0.3) is 0 Å². The van der Waals surface area contributed by atoms with Crippen molar-refractivity contribution in [3.8, 4) is 0 Å². The maximum atomic E-state index is 13.3. The topological polar surface area (TPSA) is 32.8 Å². The van der Waals surface area contributed by atoms with Crippen molar-refractivity contribution in [1.29, 1.82) is 0 Å². The van der Waals surface area contributed by atoms with Gasteiger partial charge in [0.2, 0.25) is 0 Å². The molecular formula is C38H34N2O2. The Bertz CT molecular complexity index is 1770. The third kappa shape index (κ3) is 3.64. The van der Waals surface area contributed by atoms with Crippen molar-refractivity contribution in [2.75, 3.05) is 16.9 Å². The Balaban J connectivity index is 1.52. The summed E-state index contributed by atoms with van der Waals surface area (Å²) in [5.41, 5.74) is 11.3. The molecule has 5 aromatic rings. The van der Waals surface area contributed by atoms with Crippen LogP contribution in [0.15, 0.2) is 115 Å². The van der Waals surface area contributed by atoms with Gasteiger partial charge < -0.3 is 14.5 Å². The molecule has 0 amide bonds. The van der Waals surface area contributed by atoms with Gasteiger partial charge in [-0.2, -0.15) is 0 Å². The van der Waals surface area contributed by atoms with Crippen LogP contribution in [0.25, 0.3) is 0 Å². The highest BCUT2D eigenvalue weighted by molar-refractivity contribution is 6.02. The van der Waals surface area contributed by atoms with Gasteiger partial charge >= 0.3 is 5.97 Å². The van der Waals surface area contributed by atoms with E-state index < -0.39 is 0 Å². The number of benzene rings is 5. The Hall–Kier alpha value is -4.83. The molecule has 4 nitrogen and oxygen atoms in total. The van der Waals surface area contributed by atoms with Gasteiger partial charge in [0.15, 0.2) is 0 Å². The van der Waals surface area contributed by atoms with E-state index in [1.807, 2.05) is 12.1 Å². The largest absolute Gasteiger partial charge is 0.465 e. The molecule has 0 N–H and O–H groups in total. The first-order valence-corrected chi connectivity index (χ1v) is 14.5. The zero-order valence-electron chi connectivity index (χ0n) is 24.7. The lowest BCUT2D eigenvalue weighted by atomic mass is 9.73. The highest BCUT2D eigenvalue weighted by Gasteiger charge is 2.39. The highest BCUT2D eigenvalue weighted by Crippen LogP contribution is 2.55. The second-order valence-corrected chi connectivity index (χ2v) is 12.2. The quantitative estimate of drug-likeness (QED) is 0.209. The van der Waals surface area contributed by atoms with Crippen molar-refractivity contribution < 1.29 is 9.53 Å². The van der Waals surface area contributed by atoms with E-state index in [1.54, 1.807) is 0 Å². The summed E-state index contributed by atoms with van der Waals surface area (Å²) in [6, 6.07) is 40.3. The maximum absolute atomic E-state index is 13.3. The molecule has 0 atom stereocenters. The summed E-state index contributed by atoms with van der Waals surface area (Å²) < 4.78 is 5.33. The number of anilines is 6. The summed E-state index contributed by atoms with van der Waals surface area (Å²) in [4.78, 5) is 17.9. The van der Waals surface area contributed by atoms with Gasteiger partial charge in [-0.05, 0) is 64.7 Å². The molecule has 2 aliphatic rings. The van der Waals surface area contributed by atoms with Gasteiger partial charge in [0.1, 0.15) is 0 Å². The molecule has 0 bridgehead atoms. The first kappa shape index (κ1) is 26.1. The number of esters is 1. The zero-order chi connectivity index (χ0) is 29.2. The number of para-hydroxylation sites is 4. The van der Waals surface area contributed by atoms with E-state index >= 15 is 0 Å². The van der Waals surface area contributed by atoms with Gasteiger partial charge in [0.05, 0.1) is 41.1 Å². The first-order valence-electron chi connectivity index (χ1n) is 14.5. The summed E-state index contributed by atoms with van der Waals surface area (Å²) in [7, 11) is 1.44. The third-order valence-corrected chi connectivity index (χ3v) is 9.16. The Morgan fingerprint density at radius 3 is 1.31 bits per heavy atom. The van der Waals surface area contributed by atoms with Crippen LogP contribution < -0.4 is 9.80 Å². The van der Waals surface area contributed by atoms with Crippen LogP contribution in [0, 0.1) is 0 Å². The summed E-state index contributed by atoms with van der Waals surface area (Å²) in [5, 5.41) is 0. The van der Waals surface area contributed by atoms with Crippen LogP contribution in [0.1, 0.15) is 60.3 Å². The minimum Gasteiger partial charge on any atom is -0.465 e. The number of hydrogen-bond donors (Lipinski definition) is 0. The molecule has 4 heteroatoms. The summed E-state index contributed by atoms with van der Waals surface area (Å²) >= 11 is 0. The third-order valence-electron chi connectivity index (χ3n) is 9.16. The molecule has 42 heavy (non-hydrogen) atoms. The molecular weight excluding hydrogens is 516 g/mol.